The molecule has 0 radical (unpaired) electrons. The van der Waals surface area contributed by atoms with Crippen LogP contribution in [0.4, 0.5) is 4.39 Å². The van der Waals surface area contributed by atoms with Gasteiger partial charge >= 0.3 is 0 Å². The van der Waals surface area contributed by atoms with Gasteiger partial charge in [-0.2, -0.15) is 0 Å². The van der Waals surface area contributed by atoms with Gasteiger partial charge in [-0.3, -0.25) is 0 Å². The van der Waals surface area contributed by atoms with Gasteiger partial charge in [0.1, 0.15) is 11.6 Å². The van der Waals surface area contributed by atoms with Crippen LogP contribution in [-0.4, -0.2) is 15.4 Å². The Morgan fingerprint density at radius 3 is 2.86 bits per heavy atom. The Morgan fingerprint density at radius 2 is 2.14 bits per heavy atom. The monoisotopic (exact) mass is 342 g/mol. The van der Waals surface area contributed by atoms with Crippen molar-refractivity contribution in [3.05, 3.63) is 51.2 Å². The number of nitrogens with zero attached hydrogens (tertiary/aromatic N) is 2. The molecular formula is C15H13Cl2FN2S. The molecule has 0 unspecified atom stereocenters. The first-order chi connectivity index (χ1) is 10.2. The lowest BCUT2D eigenvalue weighted by molar-refractivity contribution is 0.629. The second kappa shape index (κ2) is 6.34. The fourth-order valence-corrected chi connectivity index (χ4v) is 3.40. The van der Waals surface area contributed by atoms with Crippen molar-refractivity contribution in [3.63, 3.8) is 0 Å². The lowest BCUT2D eigenvalue weighted by atomic mass is 10.3. The minimum absolute atomic E-state index is 0.122. The van der Waals surface area contributed by atoms with E-state index in [1.165, 1.54) is 10.9 Å². The van der Waals surface area contributed by atoms with E-state index in [1.54, 1.807) is 17.4 Å². The number of hydrogen-bond acceptors (Lipinski definition) is 2. The highest BCUT2D eigenvalue weighted by molar-refractivity contribution is 7.09. The van der Waals surface area contributed by atoms with Crippen molar-refractivity contribution >= 4 is 45.6 Å². The summed E-state index contributed by atoms with van der Waals surface area (Å²) in [5, 5.41) is 2.19. The summed E-state index contributed by atoms with van der Waals surface area (Å²) in [6.07, 6.45) is 1.56. The maximum atomic E-state index is 13.6. The number of alkyl halides is 1. The molecule has 0 amide bonds. The Hall–Kier alpha value is -1.10. The van der Waals surface area contributed by atoms with Crippen molar-refractivity contribution in [2.24, 2.45) is 0 Å². The van der Waals surface area contributed by atoms with Crippen molar-refractivity contribution in [3.8, 4) is 0 Å². The van der Waals surface area contributed by atoms with Crippen LogP contribution in [0.1, 0.15) is 10.7 Å². The third kappa shape index (κ3) is 3.07. The van der Waals surface area contributed by atoms with Crippen molar-refractivity contribution in [2.45, 2.75) is 19.4 Å². The van der Waals surface area contributed by atoms with Crippen LogP contribution in [0.5, 0.6) is 0 Å². The molecule has 2 heterocycles. The summed E-state index contributed by atoms with van der Waals surface area (Å²) in [5.41, 5.74) is 1.49. The van der Waals surface area contributed by atoms with Gasteiger partial charge in [-0.25, -0.2) is 9.37 Å². The molecule has 0 atom stereocenters. The van der Waals surface area contributed by atoms with Crippen molar-refractivity contribution in [1.82, 2.24) is 9.55 Å². The average molecular weight is 343 g/mol. The highest BCUT2D eigenvalue weighted by Gasteiger charge is 2.13. The molecule has 0 fully saturated rings. The van der Waals surface area contributed by atoms with Crippen LogP contribution in [0.25, 0.3) is 11.0 Å². The zero-order chi connectivity index (χ0) is 14.8. The van der Waals surface area contributed by atoms with E-state index < -0.39 is 5.82 Å². The average Bonchev–Trinajstić information content (AvgIpc) is 3.06. The predicted octanol–water partition coefficient (Wildman–Crippen LogP) is 4.91. The molecule has 21 heavy (non-hydrogen) atoms. The maximum Gasteiger partial charge on any atom is 0.144 e. The summed E-state index contributed by atoms with van der Waals surface area (Å²) in [4.78, 5) is 5.79. The van der Waals surface area contributed by atoms with Gasteiger partial charge in [0.05, 0.1) is 16.1 Å². The number of hydrogen-bond donors (Lipinski definition) is 0. The van der Waals surface area contributed by atoms with E-state index >= 15 is 0 Å². The number of aryl methyl sites for hydroxylation is 3. The van der Waals surface area contributed by atoms with Crippen LogP contribution >= 0.6 is 34.5 Å². The van der Waals surface area contributed by atoms with Gasteiger partial charge in [-0.15, -0.1) is 22.9 Å². The van der Waals surface area contributed by atoms with E-state index in [-0.39, 0.29) is 5.02 Å². The SMILES string of the molecule is Fc1cc2nc(CCCl)n(CCc3cccs3)c2cc1Cl. The number of thiophene rings is 1. The highest BCUT2D eigenvalue weighted by atomic mass is 35.5. The molecule has 1 aromatic carbocycles. The van der Waals surface area contributed by atoms with E-state index in [0.717, 1.165) is 24.3 Å². The second-order valence-corrected chi connectivity index (χ2v) is 6.52. The van der Waals surface area contributed by atoms with Crippen LogP contribution in [-0.2, 0) is 19.4 Å². The molecule has 2 nitrogen and oxygen atoms in total. The third-order valence-electron chi connectivity index (χ3n) is 3.35. The molecule has 0 aliphatic heterocycles. The number of fused-ring (bicyclic) bond motifs is 1. The van der Waals surface area contributed by atoms with Crippen LogP contribution < -0.4 is 0 Å². The second-order valence-electron chi connectivity index (χ2n) is 4.70. The summed E-state index contributed by atoms with van der Waals surface area (Å²) in [6.45, 7) is 0.783. The van der Waals surface area contributed by atoms with Crippen molar-refractivity contribution in [2.75, 3.05) is 5.88 Å². The topological polar surface area (TPSA) is 17.8 Å². The standard InChI is InChI=1S/C15H13Cl2FN2S/c16-5-3-15-19-13-9-12(18)11(17)8-14(13)20(15)6-4-10-2-1-7-21-10/h1-2,7-9H,3-6H2. The quantitative estimate of drug-likeness (QED) is 0.602. The zero-order valence-electron chi connectivity index (χ0n) is 11.2. The van der Waals surface area contributed by atoms with E-state index in [4.69, 9.17) is 23.2 Å². The molecule has 110 valence electrons. The summed E-state index contributed by atoms with van der Waals surface area (Å²) >= 11 is 13.5. The Labute approximate surface area is 136 Å². The van der Waals surface area contributed by atoms with Gasteiger partial charge in [0, 0.05) is 29.8 Å². The minimum atomic E-state index is -0.440. The molecular weight excluding hydrogens is 330 g/mol. The molecule has 0 saturated carbocycles. The fourth-order valence-electron chi connectivity index (χ4n) is 2.37. The van der Waals surface area contributed by atoms with Gasteiger partial charge in [-0.05, 0) is 23.9 Å². The Kier molecular flexibility index (Phi) is 4.48. The summed E-state index contributed by atoms with van der Waals surface area (Å²) < 4.78 is 15.7. The number of halogens is 3. The Balaban J connectivity index is 2.00. The predicted molar refractivity (Wildman–Crippen MR) is 87.1 cm³/mol. The highest BCUT2D eigenvalue weighted by Crippen LogP contribution is 2.25. The van der Waals surface area contributed by atoms with E-state index in [9.17, 15) is 4.39 Å². The van der Waals surface area contributed by atoms with Gasteiger partial charge in [0.15, 0.2) is 0 Å². The number of benzene rings is 1. The molecule has 0 spiro atoms. The minimum Gasteiger partial charge on any atom is -0.328 e. The largest absolute Gasteiger partial charge is 0.328 e. The van der Waals surface area contributed by atoms with Crippen molar-refractivity contribution in [1.29, 1.82) is 0 Å². The number of imidazole rings is 1. The normalized spacial score (nSPS) is 11.4. The fraction of sp³-hybridized carbons (Fsp3) is 0.267. The first kappa shape index (κ1) is 14.8. The lowest BCUT2D eigenvalue weighted by Crippen LogP contribution is -2.06. The van der Waals surface area contributed by atoms with Gasteiger partial charge in [0.2, 0.25) is 0 Å². The number of rotatable bonds is 5. The molecule has 0 aliphatic carbocycles. The summed E-state index contributed by atoms with van der Waals surface area (Å²) in [6, 6.07) is 7.18. The van der Waals surface area contributed by atoms with Crippen LogP contribution in [0.15, 0.2) is 29.6 Å². The van der Waals surface area contributed by atoms with Crippen LogP contribution in [0, 0.1) is 5.82 Å². The maximum absolute atomic E-state index is 13.6. The summed E-state index contributed by atoms with van der Waals surface area (Å²) in [7, 11) is 0. The molecule has 3 rings (SSSR count). The molecule has 0 N–H and O–H groups in total. The van der Waals surface area contributed by atoms with Crippen molar-refractivity contribution < 1.29 is 4.39 Å². The van der Waals surface area contributed by atoms with E-state index in [0.29, 0.717) is 17.8 Å². The first-order valence-electron chi connectivity index (χ1n) is 6.61. The molecule has 0 saturated heterocycles. The third-order valence-corrected chi connectivity index (χ3v) is 4.76. The molecule has 0 bridgehead atoms. The zero-order valence-corrected chi connectivity index (χ0v) is 13.5. The van der Waals surface area contributed by atoms with Gasteiger partial charge in [0.25, 0.3) is 0 Å². The first-order valence-corrected chi connectivity index (χ1v) is 8.40. The van der Waals surface area contributed by atoms with Gasteiger partial charge < -0.3 is 4.57 Å². The summed E-state index contributed by atoms with van der Waals surface area (Å²) in [5.74, 6) is 0.918. The van der Waals surface area contributed by atoms with E-state index in [2.05, 4.69) is 21.0 Å². The molecule has 3 aromatic rings. The number of aromatic nitrogens is 2. The van der Waals surface area contributed by atoms with Crippen LogP contribution in [0.3, 0.4) is 0 Å². The Bertz CT molecular complexity index is 753. The Morgan fingerprint density at radius 1 is 1.29 bits per heavy atom. The van der Waals surface area contributed by atoms with Gasteiger partial charge in [-0.1, -0.05) is 17.7 Å². The lowest BCUT2D eigenvalue weighted by Gasteiger charge is -2.08. The van der Waals surface area contributed by atoms with E-state index in [1.807, 2.05) is 6.07 Å². The molecule has 0 aliphatic rings. The smallest absolute Gasteiger partial charge is 0.144 e. The molecule has 2 aromatic heterocycles. The van der Waals surface area contributed by atoms with Crippen LogP contribution in [0.2, 0.25) is 5.02 Å². The molecule has 6 heteroatoms.